The number of likely N-dealkylation sites (tertiary alicyclic amines) is 1. The summed E-state index contributed by atoms with van der Waals surface area (Å²) in [4.78, 5) is 13.5. The molecular weight excluding hydrogens is 294 g/mol. The molecule has 1 aliphatic rings. The van der Waals surface area contributed by atoms with Crippen LogP contribution in [0, 0.1) is 11.3 Å². The van der Waals surface area contributed by atoms with Gasteiger partial charge in [-0.15, -0.1) is 0 Å². The summed E-state index contributed by atoms with van der Waals surface area (Å²) in [6.07, 6.45) is -0.262. The lowest BCUT2D eigenvalue weighted by atomic mass is 10.1. The van der Waals surface area contributed by atoms with E-state index in [1.165, 1.54) is 0 Å². The van der Waals surface area contributed by atoms with Gasteiger partial charge in [0.1, 0.15) is 17.4 Å². The highest BCUT2D eigenvalue weighted by molar-refractivity contribution is 5.69. The molecule has 0 atom stereocenters. The van der Waals surface area contributed by atoms with Crippen molar-refractivity contribution in [3.05, 3.63) is 29.8 Å². The molecule has 2 rings (SSSR count). The zero-order valence-corrected chi connectivity index (χ0v) is 13.8. The lowest BCUT2D eigenvalue weighted by molar-refractivity contribution is 0.00519. The molecule has 1 aromatic carbocycles. The molecule has 1 amide bonds. The van der Waals surface area contributed by atoms with Crippen LogP contribution in [0.1, 0.15) is 26.3 Å². The molecular formula is C17H23N3O3. The molecule has 1 aliphatic heterocycles. The molecule has 124 valence electrons. The van der Waals surface area contributed by atoms with E-state index in [9.17, 15) is 4.79 Å². The van der Waals surface area contributed by atoms with E-state index >= 15 is 0 Å². The number of carbonyl (C=O) groups is 1. The van der Waals surface area contributed by atoms with E-state index in [1.54, 1.807) is 4.90 Å². The van der Waals surface area contributed by atoms with Crippen LogP contribution in [-0.2, 0) is 11.3 Å². The Labute approximate surface area is 137 Å². The van der Waals surface area contributed by atoms with Gasteiger partial charge in [-0.05, 0) is 38.5 Å². The van der Waals surface area contributed by atoms with E-state index in [-0.39, 0.29) is 18.7 Å². The Morgan fingerprint density at radius 2 is 2.17 bits per heavy atom. The van der Waals surface area contributed by atoms with Gasteiger partial charge in [0.15, 0.2) is 6.61 Å². The second-order valence-electron chi connectivity index (χ2n) is 6.56. The number of amides is 1. The Morgan fingerprint density at radius 3 is 2.83 bits per heavy atom. The summed E-state index contributed by atoms with van der Waals surface area (Å²) in [5.74, 6) is 0.690. The van der Waals surface area contributed by atoms with Crippen LogP contribution < -0.4 is 10.1 Å². The maximum atomic E-state index is 11.8. The number of ether oxygens (including phenoxy) is 2. The van der Waals surface area contributed by atoms with Crippen molar-refractivity contribution in [2.24, 2.45) is 0 Å². The maximum Gasteiger partial charge on any atom is 0.410 e. The highest BCUT2D eigenvalue weighted by atomic mass is 16.6. The van der Waals surface area contributed by atoms with E-state index in [0.29, 0.717) is 25.4 Å². The van der Waals surface area contributed by atoms with Crippen LogP contribution in [0.3, 0.4) is 0 Å². The lowest BCUT2D eigenvalue weighted by Gasteiger charge is -2.40. The first kappa shape index (κ1) is 17.1. The lowest BCUT2D eigenvalue weighted by Crippen LogP contribution is -2.60. The van der Waals surface area contributed by atoms with Gasteiger partial charge in [0, 0.05) is 25.7 Å². The fourth-order valence-electron chi connectivity index (χ4n) is 2.21. The van der Waals surface area contributed by atoms with Crippen LogP contribution in [0.2, 0.25) is 0 Å². The third-order valence-electron chi connectivity index (χ3n) is 3.33. The maximum absolute atomic E-state index is 11.8. The molecule has 1 heterocycles. The fraction of sp³-hybridized carbons (Fsp3) is 0.529. The quantitative estimate of drug-likeness (QED) is 0.902. The molecule has 0 aromatic heterocycles. The first-order chi connectivity index (χ1) is 10.9. The average Bonchev–Trinajstić information content (AvgIpc) is 2.42. The third-order valence-corrected chi connectivity index (χ3v) is 3.33. The van der Waals surface area contributed by atoms with Crippen LogP contribution >= 0.6 is 0 Å². The minimum absolute atomic E-state index is 0.0460. The molecule has 1 N–H and O–H groups in total. The topological polar surface area (TPSA) is 74.6 Å². The van der Waals surface area contributed by atoms with Crippen molar-refractivity contribution in [1.29, 1.82) is 5.26 Å². The second-order valence-corrected chi connectivity index (χ2v) is 6.56. The van der Waals surface area contributed by atoms with Gasteiger partial charge >= 0.3 is 6.09 Å². The Hall–Kier alpha value is -2.26. The number of nitrogens with zero attached hydrogens (tertiary/aromatic N) is 2. The standard InChI is InChI=1S/C17H23N3O3/c1-17(2,3)23-16(21)20-11-14(12-20)19-10-13-5-4-6-15(9-13)22-8-7-18/h4-6,9,14,19H,8,10-12H2,1-3H3. The summed E-state index contributed by atoms with van der Waals surface area (Å²) in [7, 11) is 0. The predicted octanol–water partition coefficient (Wildman–Crippen LogP) is 2.30. The normalized spacial score (nSPS) is 14.8. The van der Waals surface area contributed by atoms with Crippen LogP contribution in [0.4, 0.5) is 4.79 Å². The summed E-state index contributed by atoms with van der Waals surface area (Å²) < 4.78 is 10.6. The molecule has 6 nitrogen and oxygen atoms in total. The highest BCUT2D eigenvalue weighted by Gasteiger charge is 2.33. The van der Waals surface area contributed by atoms with E-state index in [2.05, 4.69) is 5.32 Å². The van der Waals surface area contributed by atoms with Crippen LogP contribution in [0.15, 0.2) is 24.3 Å². The summed E-state index contributed by atoms with van der Waals surface area (Å²) in [6, 6.07) is 9.85. The number of nitriles is 1. The molecule has 0 spiro atoms. The van der Waals surface area contributed by atoms with E-state index < -0.39 is 5.60 Å². The minimum Gasteiger partial charge on any atom is -0.479 e. The summed E-state index contributed by atoms with van der Waals surface area (Å²) in [5.41, 5.74) is 0.621. The van der Waals surface area contributed by atoms with Gasteiger partial charge in [-0.1, -0.05) is 12.1 Å². The van der Waals surface area contributed by atoms with Crippen molar-refractivity contribution < 1.29 is 14.3 Å². The molecule has 1 saturated heterocycles. The minimum atomic E-state index is -0.459. The first-order valence-electron chi connectivity index (χ1n) is 7.67. The number of carbonyl (C=O) groups excluding carboxylic acids is 1. The Bertz CT molecular complexity index is 583. The third kappa shape index (κ3) is 5.46. The molecule has 1 aromatic rings. The van der Waals surface area contributed by atoms with Gasteiger partial charge in [0.05, 0.1) is 0 Å². The number of nitrogens with one attached hydrogen (secondary N) is 1. The van der Waals surface area contributed by atoms with Gasteiger partial charge in [-0.3, -0.25) is 0 Å². The second kappa shape index (κ2) is 7.34. The highest BCUT2D eigenvalue weighted by Crippen LogP contribution is 2.17. The molecule has 6 heteroatoms. The van der Waals surface area contributed by atoms with Crippen LogP contribution in [0.25, 0.3) is 0 Å². The zero-order chi connectivity index (χ0) is 16.9. The van der Waals surface area contributed by atoms with Crippen molar-refractivity contribution in [1.82, 2.24) is 10.2 Å². The van der Waals surface area contributed by atoms with Crippen molar-refractivity contribution >= 4 is 6.09 Å². The SMILES string of the molecule is CC(C)(C)OC(=O)N1CC(NCc2cccc(OCC#N)c2)C1. The van der Waals surface area contributed by atoms with Crippen LogP contribution in [-0.4, -0.2) is 42.3 Å². The van der Waals surface area contributed by atoms with Gasteiger partial charge < -0.3 is 19.7 Å². The monoisotopic (exact) mass is 317 g/mol. The van der Waals surface area contributed by atoms with Crippen LogP contribution in [0.5, 0.6) is 5.75 Å². The summed E-state index contributed by atoms with van der Waals surface area (Å²) >= 11 is 0. The van der Waals surface area contributed by atoms with Crippen molar-refractivity contribution in [2.45, 2.75) is 39.0 Å². The first-order valence-corrected chi connectivity index (χ1v) is 7.67. The van der Waals surface area contributed by atoms with Crippen molar-refractivity contribution in [2.75, 3.05) is 19.7 Å². The van der Waals surface area contributed by atoms with E-state index in [4.69, 9.17) is 14.7 Å². The largest absolute Gasteiger partial charge is 0.479 e. The number of benzene rings is 1. The predicted molar refractivity (Wildman–Crippen MR) is 86.0 cm³/mol. The molecule has 0 bridgehead atoms. The summed E-state index contributed by atoms with van der Waals surface area (Å²) in [6.45, 7) is 7.63. The molecule has 1 fully saturated rings. The molecule has 23 heavy (non-hydrogen) atoms. The molecule has 0 aliphatic carbocycles. The average molecular weight is 317 g/mol. The van der Waals surface area contributed by atoms with E-state index in [1.807, 2.05) is 51.1 Å². The number of hydrogen-bond acceptors (Lipinski definition) is 5. The van der Waals surface area contributed by atoms with Gasteiger partial charge in [-0.25, -0.2) is 4.79 Å². The van der Waals surface area contributed by atoms with E-state index in [0.717, 1.165) is 5.56 Å². The smallest absolute Gasteiger partial charge is 0.410 e. The molecule has 0 saturated carbocycles. The Morgan fingerprint density at radius 1 is 1.43 bits per heavy atom. The Balaban J connectivity index is 1.72. The molecule has 0 unspecified atom stereocenters. The molecule has 0 radical (unpaired) electrons. The Kier molecular flexibility index (Phi) is 5.45. The number of rotatable bonds is 5. The van der Waals surface area contributed by atoms with Gasteiger partial charge in [-0.2, -0.15) is 5.26 Å². The van der Waals surface area contributed by atoms with Gasteiger partial charge in [0.2, 0.25) is 0 Å². The van der Waals surface area contributed by atoms with Gasteiger partial charge in [0.25, 0.3) is 0 Å². The zero-order valence-electron chi connectivity index (χ0n) is 13.8. The fourth-order valence-corrected chi connectivity index (χ4v) is 2.21. The van der Waals surface area contributed by atoms with Crippen molar-refractivity contribution in [3.8, 4) is 11.8 Å². The summed E-state index contributed by atoms with van der Waals surface area (Å²) in [5, 5.41) is 11.9. The van der Waals surface area contributed by atoms with Crippen molar-refractivity contribution in [3.63, 3.8) is 0 Å². The number of hydrogen-bond donors (Lipinski definition) is 1.